The number of aromatic amines is 1. The molecule has 0 aliphatic heterocycles. The third kappa shape index (κ3) is 2.81. The Balaban J connectivity index is 2.26. The lowest BCUT2D eigenvalue weighted by Gasteiger charge is -2.06. The van der Waals surface area contributed by atoms with Crippen molar-refractivity contribution in [2.45, 2.75) is 13.0 Å². The first-order valence-electron chi connectivity index (χ1n) is 5.52. The van der Waals surface area contributed by atoms with E-state index in [1.54, 1.807) is 7.11 Å². The summed E-state index contributed by atoms with van der Waals surface area (Å²) in [5.41, 5.74) is 1.07. The highest BCUT2D eigenvalue weighted by Crippen LogP contribution is 2.16. The van der Waals surface area contributed by atoms with E-state index < -0.39 is 0 Å². The second kappa shape index (κ2) is 5.75. The van der Waals surface area contributed by atoms with Gasteiger partial charge < -0.3 is 9.30 Å². The Morgan fingerprint density at radius 1 is 1.35 bits per heavy atom. The molecule has 5 heteroatoms. The van der Waals surface area contributed by atoms with E-state index >= 15 is 0 Å². The van der Waals surface area contributed by atoms with Gasteiger partial charge in [0.05, 0.1) is 0 Å². The van der Waals surface area contributed by atoms with Crippen LogP contribution in [0, 0.1) is 4.77 Å². The summed E-state index contributed by atoms with van der Waals surface area (Å²) >= 11 is 5.23. The number of methoxy groups -OCH3 is 1. The number of hydrogen-bond donors (Lipinski definition) is 1. The first-order valence-corrected chi connectivity index (χ1v) is 5.93. The lowest BCUT2D eigenvalue weighted by atomic mass is 10.2. The third-order valence-electron chi connectivity index (χ3n) is 2.52. The number of hydrogen-bond acceptors (Lipinski definition) is 3. The molecular formula is C12H15N3OS. The first kappa shape index (κ1) is 12.0. The maximum Gasteiger partial charge on any atom is 0.195 e. The summed E-state index contributed by atoms with van der Waals surface area (Å²) in [5.74, 6) is 0.881. The van der Waals surface area contributed by atoms with Crippen LogP contribution in [0.4, 0.5) is 0 Å². The van der Waals surface area contributed by atoms with Crippen LogP contribution in [0.1, 0.15) is 6.42 Å². The number of ether oxygens (including phenoxy) is 1. The highest BCUT2D eigenvalue weighted by molar-refractivity contribution is 7.71. The topological polar surface area (TPSA) is 42.8 Å². The summed E-state index contributed by atoms with van der Waals surface area (Å²) in [7, 11) is 1.70. The second-order valence-electron chi connectivity index (χ2n) is 3.72. The molecule has 0 saturated heterocycles. The fourth-order valence-electron chi connectivity index (χ4n) is 1.70. The van der Waals surface area contributed by atoms with Crippen LogP contribution in [0.5, 0.6) is 0 Å². The predicted octanol–water partition coefficient (Wildman–Crippen LogP) is 2.64. The fourth-order valence-corrected chi connectivity index (χ4v) is 1.92. The molecule has 0 spiro atoms. The monoisotopic (exact) mass is 249 g/mol. The Morgan fingerprint density at radius 2 is 2.12 bits per heavy atom. The van der Waals surface area contributed by atoms with Crippen molar-refractivity contribution in [3.63, 3.8) is 0 Å². The Hall–Kier alpha value is -1.46. The van der Waals surface area contributed by atoms with Gasteiger partial charge in [-0.3, -0.25) is 5.10 Å². The van der Waals surface area contributed by atoms with Gasteiger partial charge in [-0.1, -0.05) is 30.3 Å². The van der Waals surface area contributed by atoms with E-state index in [-0.39, 0.29) is 0 Å². The van der Waals surface area contributed by atoms with Crippen LogP contribution in [-0.2, 0) is 11.3 Å². The van der Waals surface area contributed by atoms with Crippen molar-refractivity contribution in [3.8, 4) is 11.4 Å². The van der Waals surface area contributed by atoms with E-state index in [1.807, 2.05) is 34.9 Å². The van der Waals surface area contributed by atoms with E-state index in [0.717, 1.165) is 31.0 Å². The van der Waals surface area contributed by atoms with Crippen LogP contribution in [0.3, 0.4) is 0 Å². The maximum atomic E-state index is 5.23. The standard InChI is InChI=1S/C12H15N3OS/c1-16-9-5-8-15-11(13-14-12(15)17)10-6-3-2-4-7-10/h2-4,6-7H,5,8-9H2,1H3,(H,14,17). The van der Waals surface area contributed by atoms with Crippen molar-refractivity contribution in [2.75, 3.05) is 13.7 Å². The third-order valence-corrected chi connectivity index (χ3v) is 2.83. The van der Waals surface area contributed by atoms with Crippen molar-refractivity contribution >= 4 is 12.2 Å². The van der Waals surface area contributed by atoms with Gasteiger partial charge in [-0.2, -0.15) is 5.10 Å². The highest BCUT2D eigenvalue weighted by Gasteiger charge is 2.07. The average molecular weight is 249 g/mol. The molecule has 90 valence electrons. The number of H-pyrrole nitrogens is 1. The molecule has 0 amide bonds. The second-order valence-corrected chi connectivity index (χ2v) is 4.10. The molecule has 1 aromatic heterocycles. The first-order chi connectivity index (χ1) is 8.33. The van der Waals surface area contributed by atoms with Gasteiger partial charge in [-0.05, 0) is 18.6 Å². The normalized spacial score (nSPS) is 10.6. The summed E-state index contributed by atoms with van der Waals surface area (Å²) in [6.07, 6.45) is 0.921. The van der Waals surface area contributed by atoms with E-state index in [4.69, 9.17) is 17.0 Å². The molecule has 0 atom stereocenters. The quantitative estimate of drug-likeness (QED) is 0.654. The summed E-state index contributed by atoms with van der Waals surface area (Å²) < 4.78 is 7.70. The van der Waals surface area contributed by atoms with Gasteiger partial charge in [-0.15, -0.1) is 0 Å². The largest absolute Gasteiger partial charge is 0.385 e. The number of benzene rings is 1. The van der Waals surface area contributed by atoms with Crippen LogP contribution in [0.2, 0.25) is 0 Å². The number of nitrogens with one attached hydrogen (secondary N) is 1. The van der Waals surface area contributed by atoms with E-state index in [2.05, 4.69) is 10.2 Å². The molecule has 0 radical (unpaired) electrons. The van der Waals surface area contributed by atoms with Gasteiger partial charge in [-0.25, -0.2) is 0 Å². The SMILES string of the molecule is COCCCn1c(-c2ccccc2)n[nH]c1=S. The minimum absolute atomic E-state index is 0.653. The molecule has 0 unspecified atom stereocenters. The predicted molar refractivity (Wildman–Crippen MR) is 69.3 cm³/mol. The Labute approximate surface area is 105 Å². The summed E-state index contributed by atoms with van der Waals surface area (Å²) in [6, 6.07) is 10.0. The zero-order chi connectivity index (χ0) is 12.1. The van der Waals surface area contributed by atoms with Gasteiger partial charge in [0, 0.05) is 25.8 Å². The van der Waals surface area contributed by atoms with Crippen molar-refractivity contribution in [1.82, 2.24) is 14.8 Å². The average Bonchev–Trinajstić information content (AvgIpc) is 2.73. The molecule has 1 heterocycles. The molecule has 1 aromatic carbocycles. The maximum absolute atomic E-state index is 5.23. The van der Waals surface area contributed by atoms with Crippen molar-refractivity contribution in [2.24, 2.45) is 0 Å². The zero-order valence-electron chi connectivity index (χ0n) is 9.72. The van der Waals surface area contributed by atoms with Crippen molar-refractivity contribution in [1.29, 1.82) is 0 Å². The molecule has 0 fully saturated rings. The van der Waals surface area contributed by atoms with E-state index in [0.29, 0.717) is 4.77 Å². The van der Waals surface area contributed by atoms with Crippen LogP contribution in [-0.4, -0.2) is 28.5 Å². The number of nitrogens with zero attached hydrogens (tertiary/aromatic N) is 2. The highest BCUT2D eigenvalue weighted by atomic mass is 32.1. The molecule has 0 aliphatic rings. The Morgan fingerprint density at radius 3 is 2.82 bits per heavy atom. The van der Waals surface area contributed by atoms with Crippen molar-refractivity contribution < 1.29 is 4.74 Å². The van der Waals surface area contributed by atoms with E-state index in [9.17, 15) is 0 Å². The van der Waals surface area contributed by atoms with Gasteiger partial charge in [0.15, 0.2) is 10.6 Å². The molecule has 0 aliphatic carbocycles. The molecule has 0 saturated carbocycles. The Bertz CT molecular complexity index is 518. The molecular weight excluding hydrogens is 234 g/mol. The van der Waals surface area contributed by atoms with Crippen LogP contribution in [0.15, 0.2) is 30.3 Å². The van der Waals surface area contributed by atoms with Gasteiger partial charge in [0.2, 0.25) is 0 Å². The summed E-state index contributed by atoms with van der Waals surface area (Å²) in [4.78, 5) is 0. The molecule has 1 N–H and O–H groups in total. The van der Waals surface area contributed by atoms with Crippen LogP contribution < -0.4 is 0 Å². The van der Waals surface area contributed by atoms with E-state index in [1.165, 1.54) is 0 Å². The Kier molecular flexibility index (Phi) is 4.06. The lowest BCUT2D eigenvalue weighted by molar-refractivity contribution is 0.190. The van der Waals surface area contributed by atoms with Gasteiger partial charge in [0.1, 0.15) is 0 Å². The fraction of sp³-hybridized carbons (Fsp3) is 0.333. The number of aromatic nitrogens is 3. The van der Waals surface area contributed by atoms with Gasteiger partial charge >= 0.3 is 0 Å². The lowest BCUT2D eigenvalue weighted by Crippen LogP contribution is -2.03. The summed E-state index contributed by atoms with van der Waals surface area (Å²) in [5, 5.41) is 7.11. The smallest absolute Gasteiger partial charge is 0.195 e. The van der Waals surface area contributed by atoms with Crippen LogP contribution >= 0.6 is 12.2 Å². The molecule has 2 rings (SSSR count). The summed E-state index contributed by atoms with van der Waals surface area (Å²) in [6.45, 7) is 1.54. The van der Waals surface area contributed by atoms with Crippen molar-refractivity contribution in [3.05, 3.63) is 35.1 Å². The molecule has 0 bridgehead atoms. The number of rotatable bonds is 5. The van der Waals surface area contributed by atoms with Gasteiger partial charge in [0.25, 0.3) is 0 Å². The zero-order valence-corrected chi connectivity index (χ0v) is 10.5. The molecule has 17 heavy (non-hydrogen) atoms. The molecule has 4 nitrogen and oxygen atoms in total. The minimum Gasteiger partial charge on any atom is -0.385 e. The molecule has 2 aromatic rings. The van der Waals surface area contributed by atoms with Crippen LogP contribution in [0.25, 0.3) is 11.4 Å². The minimum atomic E-state index is 0.653.